The molecule has 0 aromatic heterocycles. The molecule has 0 aliphatic rings. The maximum absolute atomic E-state index is 12.9. The summed E-state index contributed by atoms with van der Waals surface area (Å²) in [6.07, 6.45) is 87.2. The highest BCUT2D eigenvalue weighted by atomic mass is 16.6. The van der Waals surface area contributed by atoms with E-state index < -0.39 is 6.10 Å². The number of carbonyl (C=O) groups excluding carboxylic acids is 3. The molecule has 0 saturated carbocycles. The first-order chi connectivity index (χ1) is 39.5. The standard InChI is InChI=1S/C74H136O6/c1-4-7-10-13-16-19-22-24-26-28-30-32-34-35-36-37-38-39-41-42-44-46-48-50-52-55-58-61-64-67-73(76)79-70-71(69-78-72(75)66-63-60-57-54-21-18-15-12-9-6-3)80-74(77)68-65-62-59-56-53-51-49-47-45-43-40-33-31-29-27-25-23-20-17-14-11-8-5-2/h23,25,28-31,40,43,71H,4-22,24,26-27,32-39,41-42,44-70H2,1-3H3/b25-23-,30-28-,31-29-,43-40-. The van der Waals surface area contributed by atoms with Gasteiger partial charge in [-0.05, 0) is 83.5 Å². The van der Waals surface area contributed by atoms with Crippen LogP contribution in [0.2, 0.25) is 0 Å². The first-order valence-electron chi connectivity index (χ1n) is 35.6. The fraction of sp³-hybridized carbons (Fsp3) is 0.851. The lowest BCUT2D eigenvalue weighted by molar-refractivity contribution is -0.167. The molecule has 0 aromatic carbocycles. The zero-order valence-electron chi connectivity index (χ0n) is 53.9. The molecule has 1 unspecified atom stereocenters. The summed E-state index contributed by atoms with van der Waals surface area (Å²) in [4.78, 5) is 38.3. The number of esters is 3. The van der Waals surface area contributed by atoms with Crippen molar-refractivity contribution >= 4 is 17.9 Å². The Morgan fingerprint density at radius 1 is 0.250 bits per heavy atom. The SMILES string of the molecule is CCCCCCC/C=C\C/C=C\C/C=C\CCCCCCCCCCC(=O)OC(COC(=O)CCCCCCCCCCCC)COC(=O)CCCCCCCCCCCCCCCCCCC/C=C\CCCCCCCCCC. The number of rotatable bonds is 66. The fourth-order valence-electron chi connectivity index (χ4n) is 10.7. The Balaban J connectivity index is 4.15. The highest BCUT2D eigenvalue weighted by Gasteiger charge is 2.19. The number of allylic oxidation sites excluding steroid dienone is 8. The molecular formula is C74H136O6. The second-order valence-electron chi connectivity index (χ2n) is 24.1. The van der Waals surface area contributed by atoms with Crippen LogP contribution >= 0.6 is 0 Å². The maximum Gasteiger partial charge on any atom is 0.306 e. The number of carbonyl (C=O) groups is 3. The minimum atomic E-state index is -0.775. The van der Waals surface area contributed by atoms with Crippen LogP contribution in [0.1, 0.15) is 387 Å². The summed E-state index contributed by atoms with van der Waals surface area (Å²) >= 11 is 0. The van der Waals surface area contributed by atoms with Gasteiger partial charge in [-0.2, -0.15) is 0 Å². The van der Waals surface area contributed by atoms with Crippen LogP contribution in [0.5, 0.6) is 0 Å². The first kappa shape index (κ1) is 77.4. The summed E-state index contributed by atoms with van der Waals surface area (Å²) < 4.78 is 16.9. The van der Waals surface area contributed by atoms with E-state index in [9.17, 15) is 14.4 Å². The minimum absolute atomic E-state index is 0.0715. The normalized spacial score (nSPS) is 12.3. The molecule has 0 amide bonds. The van der Waals surface area contributed by atoms with Crippen molar-refractivity contribution in [3.8, 4) is 0 Å². The summed E-state index contributed by atoms with van der Waals surface area (Å²) in [5, 5.41) is 0. The Bertz CT molecular complexity index is 1380. The van der Waals surface area contributed by atoms with Crippen LogP contribution < -0.4 is 0 Å². The van der Waals surface area contributed by atoms with Crippen molar-refractivity contribution in [2.24, 2.45) is 0 Å². The lowest BCUT2D eigenvalue weighted by Crippen LogP contribution is -2.30. The third kappa shape index (κ3) is 66.2. The van der Waals surface area contributed by atoms with E-state index in [1.807, 2.05) is 0 Å². The van der Waals surface area contributed by atoms with Gasteiger partial charge in [-0.25, -0.2) is 0 Å². The van der Waals surface area contributed by atoms with E-state index in [2.05, 4.69) is 69.4 Å². The van der Waals surface area contributed by atoms with E-state index in [0.717, 1.165) is 77.0 Å². The van der Waals surface area contributed by atoms with E-state index in [0.29, 0.717) is 19.3 Å². The van der Waals surface area contributed by atoms with Gasteiger partial charge < -0.3 is 14.2 Å². The van der Waals surface area contributed by atoms with Gasteiger partial charge in [0.15, 0.2) is 6.10 Å². The number of hydrogen-bond donors (Lipinski definition) is 0. The van der Waals surface area contributed by atoms with Crippen molar-refractivity contribution in [2.45, 2.75) is 393 Å². The van der Waals surface area contributed by atoms with Gasteiger partial charge in [-0.15, -0.1) is 0 Å². The van der Waals surface area contributed by atoms with Crippen molar-refractivity contribution < 1.29 is 28.6 Å². The molecular weight excluding hydrogens is 985 g/mol. The summed E-state index contributed by atoms with van der Waals surface area (Å²) in [5.41, 5.74) is 0. The van der Waals surface area contributed by atoms with Crippen molar-refractivity contribution in [3.63, 3.8) is 0 Å². The molecule has 0 fully saturated rings. The third-order valence-corrected chi connectivity index (χ3v) is 16.1. The average molecular weight is 1120 g/mol. The molecule has 1 atom stereocenters. The van der Waals surface area contributed by atoms with Crippen molar-refractivity contribution in [1.29, 1.82) is 0 Å². The number of ether oxygens (including phenoxy) is 3. The quantitative estimate of drug-likeness (QED) is 0.0261. The van der Waals surface area contributed by atoms with Gasteiger partial charge in [0.25, 0.3) is 0 Å². The molecule has 0 aliphatic heterocycles. The second-order valence-corrected chi connectivity index (χ2v) is 24.1. The van der Waals surface area contributed by atoms with E-state index in [1.54, 1.807) is 0 Å². The molecule has 0 radical (unpaired) electrons. The Morgan fingerprint density at radius 2 is 0.450 bits per heavy atom. The van der Waals surface area contributed by atoms with E-state index in [1.165, 1.54) is 270 Å². The van der Waals surface area contributed by atoms with Crippen LogP contribution in [0.3, 0.4) is 0 Å². The van der Waals surface area contributed by atoms with Crippen LogP contribution in [0, 0.1) is 0 Å². The molecule has 6 nitrogen and oxygen atoms in total. The van der Waals surface area contributed by atoms with E-state index in [4.69, 9.17) is 14.2 Å². The molecule has 0 heterocycles. The highest BCUT2D eigenvalue weighted by Crippen LogP contribution is 2.18. The minimum Gasteiger partial charge on any atom is -0.462 e. The van der Waals surface area contributed by atoms with Crippen LogP contribution in [0.25, 0.3) is 0 Å². The molecule has 0 aliphatic carbocycles. The van der Waals surface area contributed by atoms with Crippen LogP contribution in [-0.2, 0) is 28.6 Å². The first-order valence-corrected chi connectivity index (χ1v) is 35.6. The molecule has 6 heteroatoms. The van der Waals surface area contributed by atoms with Gasteiger partial charge in [0.1, 0.15) is 13.2 Å². The molecule has 468 valence electrons. The number of hydrogen-bond acceptors (Lipinski definition) is 6. The molecule has 0 bridgehead atoms. The Hall–Kier alpha value is -2.63. The largest absolute Gasteiger partial charge is 0.462 e. The van der Waals surface area contributed by atoms with Crippen molar-refractivity contribution in [2.75, 3.05) is 13.2 Å². The third-order valence-electron chi connectivity index (χ3n) is 16.1. The van der Waals surface area contributed by atoms with E-state index in [-0.39, 0.29) is 31.1 Å². The molecule has 0 N–H and O–H groups in total. The zero-order chi connectivity index (χ0) is 57.8. The fourth-order valence-corrected chi connectivity index (χ4v) is 10.7. The van der Waals surface area contributed by atoms with Gasteiger partial charge in [0.2, 0.25) is 0 Å². The predicted molar refractivity (Wildman–Crippen MR) is 349 cm³/mol. The molecule has 0 rings (SSSR count). The van der Waals surface area contributed by atoms with Crippen LogP contribution in [0.15, 0.2) is 48.6 Å². The van der Waals surface area contributed by atoms with E-state index >= 15 is 0 Å². The Labute approximate surface area is 498 Å². The molecule has 80 heavy (non-hydrogen) atoms. The Kier molecular flexibility index (Phi) is 66.6. The van der Waals surface area contributed by atoms with Gasteiger partial charge in [-0.1, -0.05) is 333 Å². The molecule has 0 saturated heterocycles. The summed E-state index contributed by atoms with van der Waals surface area (Å²) in [6, 6.07) is 0. The highest BCUT2D eigenvalue weighted by molar-refractivity contribution is 5.71. The summed E-state index contributed by atoms with van der Waals surface area (Å²) in [5.74, 6) is -0.856. The van der Waals surface area contributed by atoms with Gasteiger partial charge in [0.05, 0.1) is 0 Å². The lowest BCUT2D eigenvalue weighted by atomic mass is 10.0. The monoisotopic (exact) mass is 1120 g/mol. The van der Waals surface area contributed by atoms with Crippen LogP contribution in [0.4, 0.5) is 0 Å². The van der Waals surface area contributed by atoms with Gasteiger partial charge in [0, 0.05) is 19.3 Å². The van der Waals surface area contributed by atoms with Crippen molar-refractivity contribution in [3.05, 3.63) is 48.6 Å². The van der Waals surface area contributed by atoms with Gasteiger partial charge >= 0.3 is 17.9 Å². The zero-order valence-corrected chi connectivity index (χ0v) is 53.9. The average Bonchev–Trinajstić information content (AvgIpc) is 3.46. The predicted octanol–water partition coefficient (Wildman–Crippen LogP) is 24.5. The van der Waals surface area contributed by atoms with Crippen LogP contribution in [-0.4, -0.2) is 37.2 Å². The molecule has 0 aromatic rings. The Morgan fingerprint density at radius 3 is 0.713 bits per heavy atom. The van der Waals surface area contributed by atoms with Gasteiger partial charge in [-0.3, -0.25) is 14.4 Å². The summed E-state index contributed by atoms with van der Waals surface area (Å²) in [7, 11) is 0. The lowest BCUT2D eigenvalue weighted by Gasteiger charge is -2.18. The summed E-state index contributed by atoms with van der Waals surface area (Å²) in [6.45, 7) is 6.67. The molecule has 0 spiro atoms. The smallest absolute Gasteiger partial charge is 0.306 e. The topological polar surface area (TPSA) is 78.9 Å². The number of unbranched alkanes of at least 4 members (excludes halogenated alkanes) is 47. The maximum atomic E-state index is 12.9. The second kappa shape index (κ2) is 68.9. The van der Waals surface area contributed by atoms with Crippen molar-refractivity contribution in [1.82, 2.24) is 0 Å².